The lowest BCUT2D eigenvalue weighted by molar-refractivity contribution is 0.0733. The Balaban J connectivity index is 1.70. The summed E-state index contributed by atoms with van der Waals surface area (Å²) in [5.41, 5.74) is 4.70. The molecule has 0 spiro atoms. The molecule has 1 aliphatic rings. The summed E-state index contributed by atoms with van der Waals surface area (Å²) in [6, 6.07) is 9.64. The van der Waals surface area contributed by atoms with E-state index in [2.05, 4.69) is 27.2 Å². The molecule has 7 nitrogen and oxygen atoms in total. The van der Waals surface area contributed by atoms with E-state index in [1.54, 1.807) is 6.92 Å². The SMILES string of the molecule is Cc1cc(=O)[nH]c(-n2nc(C)c(C(=O)N3CCc4ccccc4C3)c2C)n1. The number of benzene rings is 1. The Morgan fingerprint density at radius 2 is 1.89 bits per heavy atom. The van der Waals surface area contributed by atoms with Gasteiger partial charge in [-0.2, -0.15) is 5.10 Å². The summed E-state index contributed by atoms with van der Waals surface area (Å²) in [7, 11) is 0. The molecule has 0 unspecified atom stereocenters. The highest BCUT2D eigenvalue weighted by Crippen LogP contribution is 2.23. The Hall–Kier alpha value is -3.22. The first kappa shape index (κ1) is 17.2. The number of rotatable bonds is 2. The normalized spacial score (nSPS) is 13.5. The molecule has 1 N–H and O–H groups in total. The third kappa shape index (κ3) is 3.05. The van der Waals surface area contributed by atoms with Gasteiger partial charge in [0.25, 0.3) is 11.5 Å². The molecule has 138 valence electrons. The number of aromatic amines is 1. The van der Waals surface area contributed by atoms with E-state index in [1.807, 2.05) is 30.9 Å². The van der Waals surface area contributed by atoms with Crippen LogP contribution in [0.3, 0.4) is 0 Å². The van der Waals surface area contributed by atoms with Crippen molar-refractivity contribution in [2.24, 2.45) is 0 Å². The first-order chi connectivity index (χ1) is 12.9. The molecule has 0 radical (unpaired) electrons. The number of hydrogen-bond donors (Lipinski definition) is 1. The molecule has 1 aliphatic heterocycles. The van der Waals surface area contributed by atoms with Crippen molar-refractivity contribution >= 4 is 5.91 Å². The number of aryl methyl sites for hydroxylation is 2. The average molecular weight is 363 g/mol. The zero-order chi connectivity index (χ0) is 19.1. The van der Waals surface area contributed by atoms with Crippen LogP contribution in [0.5, 0.6) is 0 Å². The fourth-order valence-electron chi connectivity index (χ4n) is 3.65. The van der Waals surface area contributed by atoms with E-state index in [9.17, 15) is 9.59 Å². The number of aromatic nitrogens is 4. The molecule has 0 atom stereocenters. The zero-order valence-corrected chi connectivity index (χ0v) is 15.6. The van der Waals surface area contributed by atoms with Gasteiger partial charge in [-0.15, -0.1) is 0 Å². The average Bonchev–Trinajstić information content (AvgIpc) is 2.94. The van der Waals surface area contributed by atoms with Gasteiger partial charge >= 0.3 is 0 Å². The number of carbonyl (C=O) groups is 1. The minimum Gasteiger partial charge on any atom is -0.334 e. The van der Waals surface area contributed by atoms with Crippen molar-refractivity contribution in [1.29, 1.82) is 0 Å². The van der Waals surface area contributed by atoms with Gasteiger partial charge in [-0.1, -0.05) is 24.3 Å². The number of hydrogen-bond acceptors (Lipinski definition) is 4. The Morgan fingerprint density at radius 3 is 2.63 bits per heavy atom. The molecule has 1 aromatic carbocycles. The minimum atomic E-state index is -0.245. The molecule has 0 bridgehead atoms. The van der Waals surface area contributed by atoms with E-state index in [0.717, 1.165) is 6.42 Å². The molecule has 27 heavy (non-hydrogen) atoms. The predicted molar refractivity (Wildman–Crippen MR) is 101 cm³/mol. The van der Waals surface area contributed by atoms with Crippen molar-refractivity contribution in [1.82, 2.24) is 24.6 Å². The largest absolute Gasteiger partial charge is 0.334 e. The maximum Gasteiger partial charge on any atom is 0.257 e. The second-order valence-electron chi connectivity index (χ2n) is 6.91. The fraction of sp³-hybridized carbons (Fsp3) is 0.300. The monoisotopic (exact) mass is 363 g/mol. The summed E-state index contributed by atoms with van der Waals surface area (Å²) in [5, 5.41) is 4.46. The lowest BCUT2D eigenvalue weighted by atomic mass is 9.99. The van der Waals surface area contributed by atoms with Gasteiger partial charge in [-0.3, -0.25) is 14.6 Å². The van der Waals surface area contributed by atoms with E-state index in [-0.39, 0.29) is 11.5 Å². The molecule has 7 heteroatoms. The summed E-state index contributed by atoms with van der Waals surface area (Å²) >= 11 is 0. The zero-order valence-electron chi connectivity index (χ0n) is 15.6. The fourth-order valence-corrected chi connectivity index (χ4v) is 3.65. The number of carbonyl (C=O) groups excluding carboxylic acids is 1. The van der Waals surface area contributed by atoms with Crippen LogP contribution in [-0.4, -0.2) is 37.1 Å². The Labute approximate surface area is 156 Å². The quantitative estimate of drug-likeness (QED) is 0.755. The van der Waals surface area contributed by atoms with E-state index >= 15 is 0 Å². The van der Waals surface area contributed by atoms with Gasteiger partial charge in [-0.25, -0.2) is 9.67 Å². The molecule has 0 saturated carbocycles. The van der Waals surface area contributed by atoms with Crippen molar-refractivity contribution in [3.8, 4) is 5.95 Å². The molecule has 3 aromatic rings. The van der Waals surface area contributed by atoms with Gasteiger partial charge in [0.1, 0.15) is 0 Å². The smallest absolute Gasteiger partial charge is 0.257 e. The minimum absolute atomic E-state index is 0.0410. The number of fused-ring (bicyclic) bond motifs is 1. The molecular weight excluding hydrogens is 342 g/mol. The number of nitrogens with one attached hydrogen (secondary N) is 1. The van der Waals surface area contributed by atoms with Gasteiger partial charge in [0.05, 0.1) is 17.0 Å². The highest BCUT2D eigenvalue weighted by Gasteiger charge is 2.27. The predicted octanol–water partition coefficient (Wildman–Crippen LogP) is 2.08. The molecule has 3 heterocycles. The third-order valence-electron chi connectivity index (χ3n) is 4.98. The van der Waals surface area contributed by atoms with Gasteiger partial charge in [-0.05, 0) is 38.3 Å². The summed E-state index contributed by atoms with van der Waals surface area (Å²) in [4.78, 5) is 33.9. The molecule has 0 fully saturated rings. The molecule has 1 amide bonds. The van der Waals surface area contributed by atoms with Crippen molar-refractivity contribution in [2.45, 2.75) is 33.7 Å². The lowest BCUT2D eigenvalue weighted by Crippen LogP contribution is -2.36. The Bertz CT molecular complexity index is 1100. The number of H-pyrrole nitrogens is 1. The van der Waals surface area contributed by atoms with Crippen molar-refractivity contribution < 1.29 is 4.79 Å². The summed E-state index contributed by atoms with van der Waals surface area (Å²) in [5.74, 6) is 0.282. The standard InChI is InChI=1S/C20H21N5O2/c1-12-10-17(26)22-20(21-12)25-14(3)18(13(2)23-25)19(27)24-9-8-15-6-4-5-7-16(15)11-24/h4-7,10H,8-9,11H2,1-3H3,(H,21,22,26). The second-order valence-corrected chi connectivity index (χ2v) is 6.91. The first-order valence-corrected chi connectivity index (χ1v) is 8.94. The Kier molecular flexibility index (Phi) is 4.14. The van der Waals surface area contributed by atoms with Crippen molar-refractivity contribution in [3.05, 3.63) is 74.5 Å². The van der Waals surface area contributed by atoms with Crippen LogP contribution >= 0.6 is 0 Å². The molecule has 2 aromatic heterocycles. The van der Waals surface area contributed by atoms with Crippen LogP contribution in [0, 0.1) is 20.8 Å². The van der Waals surface area contributed by atoms with Crippen LogP contribution in [0.25, 0.3) is 5.95 Å². The maximum absolute atomic E-state index is 13.2. The van der Waals surface area contributed by atoms with E-state index in [1.165, 1.54) is 21.9 Å². The van der Waals surface area contributed by atoms with Crippen LogP contribution in [0.4, 0.5) is 0 Å². The summed E-state index contributed by atoms with van der Waals surface area (Å²) < 4.78 is 1.54. The van der Waals surface area contributed by atoms with Crippen LogP contribution in [0.15, 0.2) is 35.1 Å². The van der Waals surface area contributed by atoms with Crippen molar-refractivity contribution in [2.75, 3.05) is 6.54 Å². The topological polar surface area (TPSA) is 83.9 Å². The van der Waals surface area contributed by atoms with Crippen LogP contribution in [-0.2, 0) is 13.0 Å². The maximum atomic E-state index is 13.2. The van der Waals surface area contributed by atoms with E-state index in [4.69, 9.17) is 0 Å². The highest BCUT2D eigenvalue weighted by molar-refractivity contribution is 5.96. The third-order valence-corrected chi connectivity index (χ3v) is 4.98. The van der Waals surface area contributed by atoms with Crippen LogP contribution in [0.1, 0.15) is 38.6 Å². The Morgan fingerprint density at radius 1 is 1.15 bits per heavy atom. The first-order valence-electron chi connectivity index (χ1n) is 8.94. The lowest BCUT2D eigenvalue weighted by Gasteiger charge is -2.29. The van der Waals surface area contributed by atoms with E-state index in [0.29, 0.717) is 41.7 Å². The van der Waals surface area contributed by atoms with Gasteiger partial charge < -0.3 is 4.90 Å². The molecule has 0 aliphatic carbocycles. The second kappa shape index (κ2) is 6.50. The summed E-state index contributed by atoms with van der Waals surface area (Å²) in [6.45, 7) is 6.66. The van der Waals surface area contributed by atoms with Crippen LogP contribution in [0.2, 0.25) is 0 Å². The molecular formula is C20H21N5O2. The number of amides is 1. The van der Waals surface area contributed by atoms with E-state index < -0.39 is 0 Å². The van der Waals surface area contributed by atoms with Crippen LogP contribution < -0.4 is 5.56 Å². The molecule has 4 rings (SSSR count). The van der Waals surface area contributed by atoms with Gasteiger partial charge in [0.15, 0.2) is 0 Å². The van der Waals surface area contributed by atoms with Crippen molar-refractivity contribution in [3.63, 3.8) is 0 Å². The number of nitrogens with zero attached hydrogens (tertiary/aromatic N) is 4. The van der Waals surface area contributed by atoms with Gasteiger partial charge in [0, 0.05) is 24.8 Å². The van der Waals surface area contributed by atoms with Gasteiger partial charge in [0.2, 0.25) is 5.95 Å². The summed E-state index contributed by atoms with van der Waals surface area (Å²) in [6.07, 6.45) is 0.848. The molecule has 0 saturated heterocycles. The highest BCUT2D eigenvalue weighted by atomic mass is 16.2.